The smallest absolute Gasteiger partial charge is 0.416 e. The van der Waals surface area contributed by atoms with Crippen molar-refractivity contribution in [2.24, 2.45) is 0 Å². The molecule has 2 heterocycles. The van der Waals surface area contributed by atoms with Crippen molar-refractivity contribution in [1.82, 2.24) is 4.90 Å². The van der Waals surface area contributed by atoms with Gasteiger partial charge in [0.2, 0.25) is 0 Å². The lowest BCUT2D eigenvalue weighted by atomic mass is 10.1. The molecule has 1 fully saturated rings. The van der Waals surface area contributed by atoms with Gasteiger partial charge in [-0.05, 0) is 30.7 Å². The molecule has 0 radical (unpaired) electrons. The summed E-state index contributed by atoms with van der Waals surface area (Å²) in [5.41, 5.74) is -0.636. The van der Waals surface area contributed by atoms with Gasteiger partial charge in [-0.3, -0.25) is 4.79 Å². The van der Waals surface area contributed by atoms with Gasteiger partial charge in [-0.25, -0.2) is 8.42 Å². The minimum Gasteiger partial charge on any atom is -0.451 e. The summed E-state index contributed by atoms with van der Waals surface area (Å²) in [6.07, 6.45) is -4.18. The van der Waals surface area contributed by atoms with E-state index < -0.39 is 33.5 Å². The topological polar surface area (TPSA) is 76.8 Å². The average Bonchev–Trinajstić information content (AvgIpc) is 3.28. The predicted molar refractivity (Wildman–Crippen MR) is 99.1 cm³/mol. The number of sulfone groups is 1. The molecule has 158 valence electrons. The van der Waals surface area contributed by atoms with Crippen LogP contribution in [0.3, 0.4) is 0 Å². The Morgan fingerprint density at radius 2 is 2.03 bits per heavy atom. The summed E-state index contributed by atoms with van der Waals surface area (Å²) in [6.45, 7) is 0.387. The maximum atomic E-state index is 12.9. The number of carbonyl (C=O) groups is 1. The van der Waals surface area contributed by atoms with Gasteiger partial charge in [0.25, 0.3) is 5.91 Å². The molecule has 29 heavy (non-hydrogen) atoms. The summed E-state index contributed by atoms with van der Waals surface area (Å²) in [7, 11) is -1.74. The molecule has 6 nitrogen and oxygen atoms in total. The van der Waals surface area contributed by atoms with Crippen molar-refractivity contribution in [2.45, 2.75) is 18.6 Å². The standard InChI is InChI=1S/C19H20F3NO5S/c1-27-9-8-23(15-7-10-29(25,26)12-15)18(24)17-6-5-16(28-17)13-3-2-4-14(11-13)19(20,21)22/h2-6,11,15H,7-10,12H2,1H3. The molecule has 1 aliphatic rings. The van der Waals surface area contributed by atoms with Crippen molar-refractivity contribution in [3.63, 3.8) is 0 Å². The van der Waals surface area contributed by atoms with Crippen molar-refractivity contribution in [3.05, 3.63) is 47.7 Å². The maximum absolute atomic E-state index is 12.9. The molecule has 0 aliphatic carbocycles. The first-order chi connectivity index (χ1) is 13.6. The van der Waals surface area contributed by atoms with Crippen LogP contribution in [0.2, 0.25) is 0 Å². The Kier molecular flexibility index (Phi) is 6.04. The van der Waals surface area contributed by atoms with Gasteiger partial charge in [0.1, 0.15) is 5.76 Å². The fraction of sp³-hybridized carbons (Fsp3) is 0.421. The van der Waals surface area contributed by atoms with Crippen LogP contribution in [-0.4, -0.2) is 57.0 Å². The van der Waals surface area contributed by atoms with Gasteiger partial charge < -0.3 is 14.1 Å². The maximum Gasteiger partial charge on any atom is 0.416 e. The molecule has 1 aromatic carbocycles. The van der Waals surface area contributed by atoms with E-state index in [0.717, 1.165) is 12.1 Å². The van der Waals surface area contributed by atoms with Crippen molar-refractivity contribution < 1.29 is 35.5 Å². The van der Waals surface area contributed by atoms with Crippen LogP contribution in [0.15, 0.2) is 40.8 Å². The highest BCUT2D eigenvalue weighted by atomic mass is 32.2. The van der Waals surface area contributed by atoms with E-state index >= 15 is 0 Å². The lowest BCUT2D eigenvalue weighted by molar-refractivity contribution is -0.137. The number of nitrogens with zero attached hydrogens (tertiary/aromatic N) is 1. The molecular weight excluding hydrogens is 411 g/mol. The Hall–Kier alpha value is -2.33. The van der Waals surface area contributed by atoms with Gasteiger partial charge >= 0.3 is 6.18 Å². The molecule has 3 rings (SSSR count). The highest BCUT2D eigenvalue weighted by Crippen LogP contribution is 2.33. The molecule has 0 spiro atoms. The van der Waals surface area contributed by atoms with E-state index in [0.29, 0.717) is 6.42 Å². The molecule has 1 atom stereocenters. The summed E-state index contributed by atoms with van der Waals surface area (Å²) in [5, 5.41) is 0. The van der Waals surface area contributed by atoms with Gasteiger partial charge in [0, 0.05) is 25.3 Å². The molecule has 1 aromatic heterocycles. The van der Waals surface area contributed by atoms with Crippen LogP contribution >= 0.6 is 0 Å². The molecule has 0 saturated carbocycles. The zero-order valence-electron chi connectivity index (χ0n) is 15.6. The number of carbonyl (C=O) groups excluding carboxylic acids is 1. The number of halogens is 3. The van der Waals surface area contributed by atoms with Gasteiger partial charge in [0.15, 0.2) is 15.6 Å². The van der Waals surface area contributed by atoms with Crippen molar-refractivity contribution in [2.75, 3.05) is 31.8 Å². The second-order valence-electron chi connectivity index (χ2n) is 6.79. The zero-order valence-corrected chi connectivity index (χ0v) is 16.4. The monoisotopic (exact) mass is 431 g/mol. The van der Waals surface area contributed by atoms with Crippen LogP contribution in [0.4, 0.5) is 13.2 Å². The molecule has 1 aliphatic heterocycles. The summed E-state index contributed by atoms with van der Waals surface area (Å²) in [6, 6.07) is 6.91. The fourth-order valence-electron chi connectivity index (χ4n) is 3.26. The number of methoxy groups -OCH3 is 1. The lowest BCUT2D eigenvalue weighted by Crippen LogP contribution is -2.42. The summed E-state index contributed by atoms with van der Waals surface area (Å²) in [4.78, 5) is 14.3. The first-order valence-corrected chi connectivity index (χ1v) is 10.7. The molecular formula is C19H20F3NO5S. The molecule has 1 saturated heterocycles. The van der Waals surface area contributed by atoms with Crippen molar-refractivity contribution in [1.29, 1.82) is 0 Å². The summed E-state index contributed by atoms with van der Waals surface area (Å²) in [5.74, 6) is -0.614. The van der Waals surface area contributed by atoms with E-state index in [1.54, 1.807) is 0 Å². The third-order valence-electron chi connectivity index (χ3n) is 4.74. The summed E-state index contributed by atoms with van der Waals surface area (Å²) < 4.78 is 72.9. The molecule has 1 unspecified atom stereocenters. The largest absolute Gasteiger partial charge is 0.451 e. The predicted octanol–water partition coefficient (Wildman–Crippen LogP) is 3.24. The van der Waals surface area contributed by atoms with Gasteiger partial charge in [-0.1, -0.05) is 12.1 Å². The van der Waals surface area contributed by atoms with Crippen LogP contribution in [0.25, 0.3) is 11.3 Å². The third-order valence-corrected chi connectivity index (χ3v) is 6.49. The Labute approximate surface area is 166 Å². The lowest BCUT2D eigenvalue weighted by Gasteiger charge is -2.27. The second kappa shape index (κ2) is 8.19. The number of furan rings is 1. The van der Waals surface area contributed by atoms with E-state index in [1.165, 1.54) is 36.3 Å². The van der Waals surface area contributed by atoms with E-state index in [4.69, 9.17) is 9.15 Å². The SMILES string of the molecule is COCCN(C(=O)c1ccc(-c2cccc(C(F)(F)F)c2)o1)C1CCS(=O)(=O)C1. The molecule has 0 N–H and O–H groups in total. The van der Waals surface area contributed by atoms with E-state index in [1.807, 2.05) is 0 Å². The molecule has 10 heteroatoms. The third kappa shape index (κ3) is 4.99. The molecule has 1 amide bonds. The zero-order chi connectivity index (χ0) is 21.2. The van der Waals surface area contributed by atoms with Crippen LogP contribution in [0.1, 0.15) is 22.5 Å². The minimum absolute atomic E-state index is 0.00205. The number of hydrogen-bond acceptors (Lipinski definition) is 5. The van der Waals surface area contributed by atoms with Crippen molar-refractivity contribution in [3.8, 4) is 11.3 Å². The summed E-state index contributed by atoms with van der Waals surface area (Å²) >= 11 is 0. The van der Waals surface area contributed by atoms with E-state index in [2.05, 4.69) is 0 Å². The minimum atomic E-state index is -4.49. The van der Waals surface area contributed by atoms with Crippen molar-refractivity contribution >= 4 is 15.7 Å². The highest BCUT2D eigenvalue weighted by molar-refractivity contribution is 7.91. The van der Waals surface area contributed by atoms with Gasteiger partial charge in [-0.2, -0.15) is 13.2 Å². The van der Waals surface area contributed by atoms with Crippen LogP contribution in [0, 0.1) is 0 Å². The average molecular weight is 431 g/mol. The molecule has 2 aromatic rings. The Morgan fingerprint density at radius 3 is 2.66 bits per heavy atom. The fourth-order valence-corrected chi connectivity index (χ4v) is 4.99. The molecule has 0 bridgehead atoms. The Morgan fingerprint density at radius 1 is 1.28 bits per heavy atom. The number of amides is 1. The number of rotatable bonds is 6. The van der Waals surface area contributed by atoms with Gasteiger partial charge in [-0.15, -0.1) is 0 Å². The number of ether oxygens (including phenoxy) is 1. The first kappa shape index (κ1) is 21.4. The Bertz CT molecular complexity index is 984. The number of alkyl halides is 3. The van der Waals surface area contributed by atoms with Crippen LogP contribution in [0.5, 0.6) is 0 Å². The number of hydrogen-bond donors (Lipinski definition) is 0. The van der Waals surface area contributed by atoms with E-state index in [9.17, 15) is 26.4 Å². The van der Waals surface area contributed by atoms with Gasteiger partial charge in [0.05, 0.1) is 23.7 Å². The van der Waals surface area contributed by atoms with E-state index in [-0.39, 0.29) is 41.7 Å². The normalized spacial score (nSPS) is 18.7. The van der Waals surface area contributed by atoms with Crippen LogP contribution < -0.4 is 0 Å². The number of benzene rings is 1. The Balaban J connectivity index is 1.85. The highest BCUT2D eigenvalue weighted by Gasteiger charge is 2.36. The second-order valence-corrected chi connectivity index (χ2v) is 9.02. The first-order valence-electron chi connectivity index (χ1n) is 8.88. The van der Waals surface area contributed by atoms with Crippen LogP contribution in [-0.2, 0) is 20.8 Å². The quantitative estimate of drug-likeness (QED) is 0.702.